The lowest BCUT2D eigenvalue weighted by Crippen LogP contribution is -2.30. The second-order valence-corrected chi connectivity index (χ2v) is 4.19. The molecule has 0 saturated heterocycles. The predicted molar refractivity (Wildman–Crippen MR) is 55.3 cm³/mol. The van der Waals surface area contributed by atoms with Crippen LogP contribution in [-0.2, 0) is 0 Å². The Hall–Kier alpha value is -1.02. The van der Waals surface area contributed by atoms with Gasteiger partial charge in [0.2, 0.25) is 0 Å². The summed E-state index contributed by atoms with van der Waals surface area (Å²) in [5.41, 5.74) is 0.921. The number of para-hydroxylation sites is 1. The lowest BCUT2D eigenvalue weighted by Gasteiger charge is -2.31. The molecule has 1 heterocycles. The minimum absolute atomic E-state index is 0.139. The van der Waals surface area contributed by atoms with Crippen molar-refractivity contribution in [1.29, 1.82) is 0 Å². The summed E-state index contributed by atoms with van der Waals surface area (Å²) in [5.74, 6) is 1.28. The number of benzene rings is 1. The van der Waals surface area contributed by atoms with Gasteiger partial charge in [0.25, 0.3) is 0 Å². The molecule has 1 unspecified atom stereocenters. The number of aliphatic hydroxyl groups is 1. The average molecular weight is 192 g/mol. The van der Waals surface area contributed by atoms with Crippen molar-refractivity contribution in [2.24, 2.45) is 5.92 Å². The van der Waals surface area contributed by atoms with E-state index in [1.165, 1.54) is 0 Å². The Labute approximate surface area is 84.5 Å². The van der Waals surface area contributed by atoms with Gasteiger partial charge in [0.1, 0.15) is 11.9 Å². The van der Waals surface area contributed by atoms with Crippen LogP contribution in [0.2, 0.25) is 0 Å². The van der Waals surface area contributed by atoms with Crippen molar-refractivity contribution in [3.8, 4) is 5.75 Å². The van der Waals surface area contributed by atoms with Gasteiger partial charge < -0.3 is 9.84 Å². The summed E-state index contributed by atoms with van der Waals surface area (Å²) >= 11 is 0. The highest BCUT2D eigenvalue weighted by Crippen LogP contribution is 2.36. The van der Waals surface area contributed by atoms with Crippen molar-refractivity contribution in [2.45, 2.75) is 32.5 Å². The van der Waals surface area contributed by atoms with Crippen molar-refractivity contribution in [3.05, 3.63) is 29.8 Å². The van der Waals surface area contributed by atoms with Crippen molar-refractivity contribution >= 4 is 0 Å². The topological polar surface area (TPSA) is 29.5 Å². The summed E-state index contributed by atoms with van der Waals surface area (Å²) in [7, 11) is 0. The molecule has 1 aromatic carbocycles. The van der Waals surface area contributed by atoms with E-state index in [2.05, 4.69) is 13.8 Å². The van der Waals surface area contributed by atoms with Crippen LogP contribution in [0.15, 0.2) is 24.3 Å². The molecule has 0 spiro atoms. The van der Waals surface area contributed by atoms with Crippen LogP contribution in [0.25, 0.3) is 0 Å². The molecule has 0 saturated carbocycles. The van der Waals surface area contributed by atoms with Crippen LogP contribution in [0, 0.1) is 5.92 Å². The van der Waals surface area contributed by atoms with Crippen LogP contribution in [0.4, 0.5) is 0 Å². The van der Waals surface area contributed by atoms with Crippen LogP contribution in [0.5, 0.6) is 5.75 Å². The third-order valence-corrected chi connectivity index (χ3v) is 2.76. The molecule has 0 bridgehead atoms. The van der Waals surface area contributed by atoms with E-state index >= 15 is 0 Å². The summed E-state index contributed by atoms with van der Waals surface area (Å²) in [4.78, 5) is 0. The summed E-state index contributed by atoms with van der Waals surface area (Å²) in [6.45, 7) is 4.23. The van der Waals surface area contributed by atoms with Gasteiger partial charge in [0, 0.05) is 12.0 Å². The van der Waals surface area contributed by atoms with Gasteiger partial charge in [0.05, 0.1) is 6.10 Å². The van der Waals surface area contributed by atoms with E-state index in [9.17, 15) is 5.11 Å². The van der Waals surface area contributed by atoms with E-state index in [1.807, 2.05) is 24.3 Å². The molecule has 2 atom stereocenters. The first-order chi connectivity index (χ1) is 6.68. The normalized spacial score (nSPS) is 25.7. The molecular weight excluding hydrogens is 176 g/mol. The molecule has 0 aliphatic carbocycles. The third-order valence-electron chi connectivity index (χ3n) is 2.76. The summed E-state index contributed by atoms with van der Waals surface area (Å²) in [6.07, 6.45) is 0.474. The third kappa shape index (κ3) is 1.62. The Morgan fingerprint density at radius 2 is 2.07 bits per heavy atom. The van der Waals surface area contributed by atoms with Gasteiger partial charge in [-0.05, 0) is 12.0 Å². The van der Waals surface area contributed by atoms with Crippen LogP contribution in [0.1, 0.15) is 31.9 Å². The maximum Gasteiger partial charge on any atom is 0.125 e. The number of fused-ring (bicyclic) bond motifs is 1. The van der Waals surface area contributed by atoms with Crippen molar-refractivity contribution in [1.82, 2.24) is 0 Å². The maximum atomic E-state index is 9.90. The fourth-order valence-corrected chi connectivity index (χ4v) is 1.83. The molecule has 2 nitrogen and oxygen atoms in total. The van der Waals surface area contributed by atoms with Crippen molar-refractivity contribution in [2.75, 3.05) is 0 Å². The Balaban J connectivity index is 2.29. The number of aliphatic hydroxyl groups excluding tert-OH is 1. The molecule has 1 aromatic rings. The largest absolute Gasteiger partial charge is 0.490 e. The molecule has 1 N–H and O–H groups in total. The highest BCUT2D eigenvalue weighted by molar-refractivity contribution is 5.36. The lowest BCUT2D eigenvalue weighted by atomic mass is 9.93. The number of hydrogen-bond donors (Lipinski definition) is 1. The molecule has 2 rings (SSSR count). The molecule has 14 heavy (non-hydrogen) atoms. The summed E-state index contributed by atoms with van der Waals surface area (Å²) in [5, 5.41) is 9.90. The Morgan fingerprint density at radius 1 is 1.36 bits per heavy atom. The van der Waals surface area contributed by atoms with Crippen LogP contribution >= 0.6 is 0 Å². The zero-order chi connectivity index (χ0) is 10.1. The van der Waals surface area contributed by atoms with E-state index in [1.54, 1.807) is 0 Å². The SMILES string of the molecule is CC(C)[C@@H]1CC(O)c2ccccc2O1. The molecule has 1 aliphatic rings. The van der Waals surface area contributed by atoms with E-state index in [4.69, 9.17) is 4.74 Å². The second-order valence-electron chi connectivity index (χ2n) is 4.19. The molecule has 0 fully saturated rings. The highest BCUT2D eigenvalue weighted by Gasteiger charge is 2.28. The van der Waals surface area contributed by atoms with Crippen LogP contribution < -0.4 is 4.74 Å². The summed E-state index contributed by atoms with van der Waals surface area (Å²) in [6, 6.07) is 7.72. The molecule has 2 heteroatoms. The van der Waals surface area contributed by atoms with Crippen molar-refractivity contribution in [3.63, 3.8) is 0 Å². The highest BCUT2D eigenvalue weighted by atomic mass is 16.5. The molecule has 0 amide bonds. The number of hydrogen-bond acceptors (Lipinski definition) is 2. The van der Waals surface area contributed by atoms with E-state index in [-0.39, 0.29) is 12.2 Å². The maximum absolute atomic E-state index is 9.90. The minimum Gasteiger partial charge on any atom is -0.490 e. The first-order valence-electron chi connectivity index (χ1n) is 5.12. The van der Waals surface area contributed by atoms with Gasteiger partial charge in [0.15, 0.2) is 0 Å². The molecule has 0 aromatic heterocycles. The van der Waals surface area contributed by atoms with E-state index < -0.39 is 0 Å². The number of rotatable bonds is 1. The Bertz CT molecular complexity index is 320. The molecule has 0 radical (unpaired) electrons. The fraction of sp³-hybridized carbons (Fsp3) is 0.500. The van der Waals surface area contributed by atoms with Gasteiger partial charge >= 0.3 is 0 Å². The van der Waals surface area contributed by atoms with Gasteiger partial charge in [-0.2, -0.15) is 0 Å². The van der Waals surface area contributed by atoms with Gasteiger partial charge in [-0.25, -0.2) is 0 Å². The monoisotopic (exact) mass is 192 g/mol. The molecule has 1 aliphatic heterocycles. The van der Waals surface area contributed by atoms with Gasteiger partial charge in [-0.3, -0.25) is 0 Å². The Kier molecular flexibility index (Phi) is 2.46. The Morgan fingerprint density at radius 3 is 2.79 bits per heavy atom. The first kappa shape index (κ1) is 9.53. The first-order valence-corrected chi connectivity index (χ1v) is 5.12. The zero-order valence-electron chi connectivity index (χ0n) is 8.60. The predicted octanol–water partition coefficient (Wildman–Crippen LogP) is 2.53. The number of ether oxygens (including phenoxy) is 1. The van der Waals surface area contributed by atoms with Gasteiger partial charge in [-0.15, -0.1) is 0 Å². The van der Waals surface area contributed by atoms with Crippen LogP contribution in [0.3, 0.4) is 0 Å². The van der Waals surface area contributed by atoms with E-state index in [0.29, 0.717) is 12.3 Å². The smallest absolute Gasteiger partial charge is 0.125 e. The summed E-state index contributed by atoms with van der Waals surface area (Å²) < 4.78 is 5.80. The average Bonchev–Trinajstić information content (AvgIpc) is 2.17. The molecular formula is C12H16O2. The minimum atomic E-state index is -0.368. The van der Waals surface area contributed by atoms with E-state index in [0.717, 1.165) is 11.3 Å². The molecule has 76 valence electrons. The standard InChI is InChI=1S/C12H16O2/c1-8(2)12-7-10(13)9-5-3-4-6-11(9)14-12/h3-6,8,10,12-13H,7H2,1-2H3/t10?,12-/m0/s1. The lowest BCUT2D eigenvalue weighted by molar-refractivity contribution is 0.0427. The quantitative estimate of drug-likeness (QED) is 0.741. The van der Waals surface area contributed by atoms with Crippen LogP contribution in [-0.4, -0.2) is 11.2 Å². The van der Waals surface area contributed by atoms with Crippen molar-refractivity contribution < 1.29 is 9.84 Å². The fourth-order valence-electron chi connectivity index (χ4n) is 1.83. The second kappa shape index (κ2) is 3.62. The van der Waals surface area contributed by atoms with Gasteiger partial charge in [-0.1, -0.05) is 32.0 Å². The zero-order valence-corrected chi connectivity index (χ0v) is 8.60.